The zero-order valence-electron chi connectivity index (χ0n) is 14.0. The summed E-state index contributed by atoms with van der Waals surface area (Å²) in [5, 5.41) is 13.8. The minimum atomic E-state index is -1.06. The highest BCUT2D eigenvalue weighted by Crippen LogP contribution is 2.25. The molecule has 0 heterocycles. The Kier molecular flexibility index (Phi) is 6.92. The van der Waals surface area contributed by atoms with Crippen molar-refractivity contribution in [1.29, 1.82) is 0 Å². The molecule has 0 spiro atoms. The minimum absolute atomic E-state index is 0.0547. The number of halogens is 2. The van der Waals surface area contributed by atoms with E-state index in [-0.39, 0.29) is 10.7 Å². The number of carbonyl (C=O) groups is 2. The van der Waals surface area contributed by atoms with Gasteiger partial charge in [0.05, 0.1) is 15.6 Å². The van der Waals surface area contributed by atoms with Crippen molar-refractivity contribution in [2.45, 2.75) is 13.0 Å². The summed E-state index contributed by atoms with van der Waals surface area (Å²) < 4.78 is 5.02. The second-order valence-corrected chi connectivity index (χ2v) is 6.22. The fraction of sp³-hybridized carbons (Fsp3) is 0.111. The van der Waals surface area contributed by atoms with Gasteiger partial charge in [-0.05, 0) is 48.9 Å². The number of nitrogens with one attached hydrogen (secondary N) is 1. The Morgan fingerprint density at radius 2 is 1.85 bits per heavy atom. The third-order valence-electron chi connectivity index (χ3n) is 3.37. The summed E-state index contributed by atoms with van der Waals surface area (Å²) in [5.41, 5.74) is 0.860. The number of nitrogens with zero attached hydrogens (tertiary/aromatic N) is 1. The normalized spacial score (nSPS) is 11.8. The van der Waals surface area contributed by atoms with Crippen molar-refractivity contribution < 1.29 is 19.2 Å². The number of ether oxygens (including phenoxy) is 1. The monoisotopic (exact) mass is 408 g/mol. The minimum Gasteiger partial charge on any atom is -0.449 e. The summed E-state index contributed by atoms with van der Waals surface area (Å²) in [6, 6.07) is 10.2. The Balaban J connectivity index is 1.92. The zero-order chi connectivity index (χ0) is 20.0. The van der Waals surface area contributed by atoms with Crippen LogP contribution in [0.4, 0.5) is 11.4 Å². The fourth-order valence-corrected chi connectivity index (χ4v) is 2.42. The maximum atomic E-state index is 12.1. The van der Waals surface area contributed by atoms with Crippen LogP contribution >= 0.6 is 23.2 Å². The van der Waals surface area contributed by atoms with Gasteiger partial charge in [0, 0.05) is 23.2 Å². The molecule has 1 amide bonds. The van der Waals surface area contributed by atoms with Crippen molar-refractivity contribution >= 4 is 52.5 Å². The van der Waals surface area contributed by atoms with Crippen LogP contribution in [0.25, 0.3) is 6.08 Å². The molecular weight excluding hydrogens is 395 g/mol. The van der Waals surface area contributed by atoms with Crippen molar-refractivity contribution in [2.24, 2.45) is 0 Å². The third kappa shape index (κ3) is 6.09. The second-order valence-electron chi connectivity index (χ2n) is 5.37. The first-order valence-corrected chi connectivity index (χ1v) is 8.41. The lowest BCUT2D eigenvalue weighted by Gasteiger charge is -2.13. The van der Waals surface area contributed by atoms with E-state index in [0.29, 0.717) is 16.3 Å². The third-order valence-corrected chi connectivity index (χ3v) is 3.91. The van der Waals surface area contributed by atoms with E-state index in [2.05, 4.69) is 5.32 Å². The van der Waals surface area contributed by atoms with Crippen LogP contribution in [-0.4, -0.2) is 22.9 Å². The van der Waals surface area contributed by atoms with E-state index in [1.165, 1.54) is 49.4 Å². The molecule has 2 aromatic carbocycles. The molecule has 2 rings (SSSR count). The maximum Gasteiger partial charge on any atom is 0.331 e. The van der Waals surface area contributed by atoms with Crippen molar-refractivity contribution in [2.75, 3.05) is 5.32 Å². The number of carbonyl (C=O) groups excluding carboxylic acids is 2. The van der Waals surface area contributed by atoms with Crippen LogP contribution in [0.15, 0.2) is 48.5 Å². The van der Waals surface area contributed by atoms with E-state index >= 15 is 0 Å². The molecule has 140 valence electrons. The highest BCUT2D eigenvalue weighted by Gasteiger charge is 2.17. The van der Waals surface area contributed by atoms with Gasteiger partial charge in [-0.3, -0.25) is 14.9 Å². The summed E-state index contributed by atoms with van der Waals surface area (Å²) in [5.74, 6) is -1.30. The van der Waals surface area contributed by atoms with Crippen LogP contribution in [0.5, 0.6) is 0 Å². The molecule has 7 nitrogen and oxygen atoms in total. The molecule has 1 N–H and O–H groups in total. The lowest BCUT2D eigenvalue weighted by Crippen LogP contribution is -2.29. The number of nitro benzene ring substituents is 1. The first kappa shape index (κ1) is 20.4. The van der Waals surface area contributed by atoms with Crippen LogP contribution in [0.2, 0.25) is 10.0 Å². The number of amides is 1. The summed E-state index contributed by atoms with van der Waals surface area (Å²) in [6.07, 6.45) is 1.48. The molecule has 0 aliphatic carbocycles. The molecule has 1 atom stereocenters. The summed E-state index contributed by atoms with van der Waals surface area (Å²) in [7, 11) is 0. The number of esters is 1. The van der Waals surface area contributed by atoms with Gasteiger partial charge in [0.25, 0.3) is 11.6 Å². The van der Waals surface area contributed by atoms with Crippen molar-refractivity contribution in [3.63, 3.8) is 0 Å². The van der Waals surface area contributed by atoms with Gasteiger partial charge < -0.3 is 10.1 Å². The highest BCUT2D eigenvalue weighted by molar-refractivity contribution is 6.36. The van der Waals surface area contributed by atoms with Gasteiger partial charge in [-0.25, -0.2) is 4.79 Å². The number of anilines is 1. The second kappa shape index (κ2) is 9.16. The van der Waals surface area contributed by atoms with Gasteiger partial charge in [0.1, 0.15) is 0 Å². The number of rotatable bonds is 6. The lowest BCUT2D eigenvalue weighted by atomic mass is 10.2. The Morgan fingerprint density at radius 3 is 2.44 bits per heavy atom. The van der Waals surface area contributed by atoms with Crippen LogP contribution < -0.4 is 5.32 Å². The molecule has 0 aromatic heterocycles. The number of hydrogen-bond acceptors (Lipinski definition) is 5. The molecule has 0 unspecified atom stereocenters. The van der Waals surface area contributed by atoms with Crippen LogP contribution in [0.3, 0.4) is 0 Å². The number of benzene rings is 2. The number of nitro groups is 1. The molecule has 0 fully saturated rings. The first-order valence-electron chi connectivity index (χ1n) is 7.65. The van der Waals surface area contributed by atoms with Gasteiger partial charge in [-0.15, -0.1) is 0 Å². The van der Waals surface area contributed by atoms with Gasteiger partial charge in [0.2, 0.25) is 0 Å². The predicted molar refractivity (Wildman–Crippen MR) is 103 cm³/mol. The number of non-ortho nitro benzene ring substituents is 1. The quantitative estimate of drug-likeness (QED) is 0.328. The van der Waals surface area contributed by atoms with Gasteiger partial charge in [0.15, 0.2) is 6.10 Å². The Morgan fingerprint density at radius 1 is 1.19 bits per heavy atom. The maximum absolute atomic E-state index is 12.1. The standard InChI is InChI=1S/C18H14Cl2N2O5/c1-11(18(24)21-16-8-5-13(19)10-15(16)20)27-17(23)9-4-12-2-6-14(7-3-12)22(25)26/h2-11H,1H3,(H,21,24)/b9-4+/t11-/m1/s1. The Bertz CT molecular complexity index is 897. The molecule has 2 aromatic rings. The van der Waals surface area contributed by atoms with E-state index < -0.39 is 22.9 Å². The molecule has 0 saturated carbocycles. The lowest BCUT2D eigenvalue weighted by molar-refractivity contribution is -0.384. The molecule has 0 aliphatic rings. The Hall–Kier alpha value is -2.90. The average molecular weight is 409 g/mol. The Labute approximate surface area is 164 Å². The number of hydrogen-bond donors (Lipinski definition) is 1. The van der Waals surface area contributed by atoms with Crippen LogP contribution in [0.1, 0.15) is 12.5 Å². The van der Waals surface area contributed by atoms with E-state index in [1.54, 1.807) is 6.07 Å². The van der Waals surface area contributed by atoms with E-state index in [0.717, 1.165) is 6.08 Å². The van der Waals surface area contributed by atoms with Gasteiger partial charge in [-0.1, -0.05) is 23.2 Å². The molecule has 27 heavy (non-hydrogen) atoms. The topological polar surface area (TPSA) is 98.5 Å². The van der Waals surface area contributed by atoms with Crippen molar-refractivity contribution in [3.8, 4) is 0 Å². The smallest absolute Gasteiger partial charge is 0.331 e. The zero-order valence-corrected chi connectivity index (χ0v) is 15.5. The molecule has 9 heteroatoms. The largest absolute Gasteiger partial charge is 0.449 e. The van der Waals surface area contributed by atoms with Crippen LogP contribution in [0, 0.1) is 10.1 Å². The molecule has 0 radical (unpaired) electrons. The SMILES string of the molecule is C[C@@H](OC(=O)/C=C/c1ccc([N+](=O)[O-])cc1)C(=O)Nc1ccc(Cl)cc1Cl. The van der Waals surface area contributed by atoms with E-state index in [9.17, 15) is 19.7 Å². The first-order chi connectivity index (χ1) is 12.8. The molecule has 0 aliphatic heterocycles. The fourth-order valence-electron chi connectivity index (χ4n) is 1.96. The van der Waals surface area contributed by atoms with E-state index in [4.69, 9.17) is 27.9 Å². The van der Waals surface area contributed by atoms with Crippen molar-refractivity contribution in [3.05, 3.63) is 74.3 Å². The molecule has 0 bridgehead atoms. The van der Waals surface area contributed by atoms with Gasteiger partial charge in [-0.2, -0.15) is 0 Å². The van der Waals surface area contributed by atoms with Gasteiger partial charge >= 0.3 is 5.97 Å². The highest BCUT2D eigenvalue weighted by atomic mass is 35.5. The molecular formula is C18H14Cl2N2O5. The average Bonchev–Trinajstić information content (AvgIpc) is 2.62. The van der Waals surface area contributed by atoms with Crippen molar-refractivity contribution in [1.82, 2.24) is 0 Å². The summed E-state index contributed by atoms with van der Waals surface area (Å²) >= 11 is 11.8. The van der Waals surface area contributed by atoms with E-state index in [1.807, 2.05) is 0 Å². The predicted octanol–water partition coefficient (Wildman–Crippen LogP) is 4.49. The summed E-state index contributed by atoms with van der Waals surface area (Å²) in [6.45, 7) is 1.41. The molecule has 0 saturated heterocycles. The summed E-state index contributed by atoms with van der Waals surface area (Å²) in [4.78, 5) is 34.0. The van der Waals surface area contributed by atoms with Crippen LogP contribution in [-0.2, 0) is 14.3 Å².